The predicted molar refractivity (Wildman–Crippen MR) is 93.9 cm³/mol. The van der Waals surface area contributed by atoms with Gasteiger partial charge in [0.25, 0.3) is 0 Å². The number of esters is 1. The van der Waals surface area contributed by atoms with E-state index in [9.17, 15) is 4.79 Å². The molecule has 0 saturated heterocycles. The Morgan fingerprint density at radius 2 is 1.54 bits per heavy atom. The highest BCUT2D eigenvalue weighted by Crippen LogP contribution is 2.35. The van der Waals surface area contributed by atoms with Crippen LogP contribution in [0.2, 0.25) is 5.15 Å². The molecular formula is C19H15ClN2O2. The van der Waals surface area contributed by atoms with Crippen LogP contribution in [0.15, 0.2) is 60.7 Å². The van der Waals surface area contributed by atoms with Crippen molar-refractivity contribution in [1.29, 1.82) is 0 Å². The van der Waals surface area contributed by atoms with Crippen LogP contribution in [0.4, 0.5) is 0 Å². The molecule has 0 aliphatic heterocycles. The van der Waals surface area contributed by atoms with E-state index in [2.05, 4.69) is 10.2 Å². The quantitative estimate of drug-likeness (QED) is 0.650. The molecule has 1 heterocycles. The van der Waals surface area contributed by atoms with Crippen LogP contribution in [-0.4, -0.2) is 22.8 Å². The summed E-state index contributed by atoms with van der Waals surface area (Å²) >= 11 is 6.19. The van der Waals surface area contributed by atoms with Crippen LogP contribution in [-0.2, 0) is 4.74 Å². The number of hydrogen-bond acceptors (Lipinski definition) is 4. The van der Waals surface area contributed by atoms with Crippen molar-refractivity contribution < 1.29 is 9.53 Å². The summed E-state index contributed by atoms with van der Waals surface area (Å²) in [4.78, 5) is 12.5. The lowest BCUT2D eigenvalue weighted by atomic mass is 9.96. The Morgan fingerprint density at radius 3 is 2.12 bits per heavy atom. The summed E-state index contributed by atoms with van der Waals surface area (Å²) in [5, 5.41) is 8.23. The Balaban J connectivity index is 2.31. The second-order valence-corrected chi connectivity index (χ2v) is 5.40. The van der Waals surface area contributed by atoms with E-state index in [1.165, 1.54) is 0 Å². The maximum atomic E-state index is 12.5. The Bertz CT molecular complexity index is 852. The van der Waals surface area contributed by atoms with Crippen LogP contribution in [0.5, 0.6) is 0 Å². The zero-order chi connectivity index (χ0) is 16.9. The standard InChI is InChI=1S/C19H15ClN2O2/c1-2-24-19(23)16-15(13-9-5-3-6-10-13)17(21-22-18(16)20)14-11-7-4-8-12-14/h3-12H,2H2,1H3. The molecule has 24 heavy (non-hydrogen) atoms. The first-order valence-corrected chi connectivity index (χ1v) is 7.94. The molecule has 1 aromatic heterocycles. The van der Waals surface area contributed by atoms with Gasteiger partial charge in [0.2, 0.25) is 0 Å². The summed E-state index contributed by atoms with van der Waals surface area (Å²) in [7, 11) is 0. The van der Waals surface area contributed by atoms with Crippen LogP contribution in [0.1, 0.15) is 17.3 Å². The third-order valence-corrected chi connectivity index (χ3v) is 3.78. The van der Waals surface area contributed by atoms with E-state index in [0.29, 0.717) is 11.3 Å². The number of aromatic nitrogens is 2. The Kier molecular flexibility index (Phi) is 4.87. The third-order valence-electron chi connectivity index (χ3n) is 3.52. The normalized spacial score (nSPS) is 10.4. The minimum Gasteiger partial charge on any atom is -0.462 e. The van der Waals surface area contributed by atoms with Crippen molar-refractivity contribution in [1.82, 2.24) is 10.2 Å². The molecule has 120 valence electrons. The van der Waals surface area contributed by atoms with Crippen molar-refractivity contribution in [3.63, 3.8) is 0 Å². The van der Waals surface area contributed by atoms with E-state index < -0.39 is 5.97 Å². The minimum absolute atomic E-state index is 0.0342. The van der Waals surface area contributed by atoms with Crippen molar-refractivity contribution in [3.05, 3.63) is 71.4 Å². The summed E-state index contributed by atoms with van der Waals surface area (Å²) in [6.07, 6.45) is 0. The van der Waals surface area contributed by atoms with Gasteiger partial charge in [-0.2, -0.15) is 0 Å². The molecule has 2 aromatic carbocycles. The summed E-state index contributed by atoms with van der Waals surface area (Å²) < 4.78 is 5.17. The molecule has 0 unspecified atom stereocenters. The average molecular weight is 339 g/mol. The van der Waals surface area contributed by atoms with Gasteiger partial charge in [0, 0.05) is 11.1 Å². The number of rotatable bonds is 4. The molecule has 0 amide bonds. The highest BCUT2D eigenvalue weighted by atomic mass is 35.5. The van der Waals surface area contributed by atoms with Gasteiger partial charge in [0.15, 0.2) is 5.15 Å². The number of benzene rings is 2. The highest BCUT2D eigenvalue weighted by molar-refractivity contribution is 6.33. The molecule has 0 radical (unpaired) electrons. The number of halogens is 1. The Hall–Kier alpha value is -2.72. The van der Waals surface area contributed by atoms with Crippen molar-refractivity contribution in [2.24, 2.45) is 0 Å². The smallest absolute Gasteiger partial charge is 0.342 e. The minimum atomic E-state index is -0.506. The van der Waals surface area contributed by atoms with Gasteiger partial charge in [0.05, 0.1) is 6.61 Å². The summed E-state index contributed by atoms with van der Waals surface area (Å²) in [6, 6.07) is 19.1. The zero-order valence-electron chi connectivity index (χ0n) is 13.1. The molecule has 0 N–H and O–H groups in total. The van der Waals surface area contributed by atoms with Crippen LogP contribution in [0.25, 0.3) is 22.4 Å². The van der Waals surface area contributed by atoms with E-state index in [-0.39, 0.29) is 17.3 Å². The Labute approximate surface area is 145 Å². The molecule has 0 aliphatic carbocycles. The molecule has 0 saturated carbocycles. The predicted octanol–water partition coefficient (Wildman–Crippen LogP) is 4.64. The van der Waals surface area contributed by atoms with Gasteiger partial charge in [-0.15, -0.1) is 10.2 Å². The molecule has 0 bridgehead atoms. The average Bonchev–Trinajstić information content (AvgIpc) is 2.63. The van der Waals surface area contributed by atoms with Gasteiger partial charge in [-0.1, -0.05) is 72.3 Å². The summed E-state index contributed by atoms with van der Waals surface area (Å²) in [5.74, 6) is -0.506. The van der Waals surface area contributed by atoms with Crippen molar-refractivity contribution in [2.75, 3.05) is 6.61 Å². The van der Waals surface area contributed by atoms with Crippen LogP contribution in [0.3, 0.4) is 0 Å². The van der Waals surface area contributed by atoms with Crippen molar-refractivity contribution in [3.8, 4) is 22.4 Å². The van der Waals surface area contributed by atoms with Gasteiger partial charge in [-0.25, -0.2) is 4.79 Å². The SMILES string of the molecule is CCOC(=O)c1c(Cl)nnc(-c2ccccc2)c1-c1ccccc1. The molecule has 0 aliphatic rings. The number of carbonyl (C=O) groups is 1. The Morgan fingerprint density at radius 1 is 0.958 bits per heavy atom. The van der Waals surface area contributed by atoms with Gasteiger partial charge < -0.3 is 4.74 Å². The van der Waals surface area contributed by atoms with Crippen LogP contribution >= 0.6 is 11.6 Å². The molecule has 0 fully saturated rings. The zero-order valence-corrected chi connectivity index (χ0v) is 13.8. The lowest BCUT2D eigenvalue weighted by Gasteiger charge is -2.14. The fourth-order valence-corrected chi connectivity index (χ4v) is 2.70. The van der Waals surface area contributed by atoms with Crippen LogP contribution in [0, 0.1) is 0 Å². The van der Waals surface area contributed by atoms with E-state index in [1.54, 1.807) is 6.92 Å². The summed E-state index contributed by atoms with van der Waals surface area (Å²) in [6.45, 7) is 2.01. The maximum Gasteiger partial charge on any atom is 0.342 e. The molecule has 5 heteroatoms. The van der Waals surface area contributed by atoms with Gasteiger partial charge in [-0.3, -0.25) is 0 Å². The topological polar surface area (TPSA) is 52.1 Å². The summed E-state index contributed by atoms with van der Waals surface area (Å²) in [5.41, 5.74) is 3.13. The van der Waals surface area contributed by atoms with Crippen molar-refractivity contribution >= 4 is 17.6 Å². The molecular weight excluding hydrogens is 324 g/mol. The number of ether oxygens (including phenoxy) is 1. The molecule has 3 aromatic rings. The monoisotopic (exact) mass is 338 g/mol. The second-order valence-electron chi connectivity index (χ2n) is 5.04. The molecule has 0 spiro atoms. The van der Waals surface area contributed by atoms with Gasteiger partial charge in [-0.05, 0) is 12.5 Å². The van der Waals surface area contributed by atoms with E-state index in [0.717, 1.165) is 11.1 Å². The molecule has 4 nitrogen and oxygen atoms in total. The first-order chi connectivity index (χ1) is 11.7. The third kappa shape index (κ3) is 3.14. The number of carbonyl (C=O) groups excluding carboxylic acids is 1. The van der Waals surface area contributed by atoms with E-state index in [1.807, 2.05) is 60.7 Å². The lowest BCUT2D eigenvalue weighted by molar-refractivity contribution is 0.0527. The van der Waals surface area contributed by atoms with Gasteiger partial charge in [0.1, 0.15) is 11.3 Å². The maximum absolute atomic E-state index is 12.5. The van der Waals surface area contributed by atoms with E-state index in [4.69, 9.17) is 16.3 Å². The molecule has 3 rings (SSSR count). The number of hydrogen-bond donors (Lipinski definition) is 0. The first kappa shape index (κ1) is 16.1. The largest absolute Gasteiger partial charge is 0.462 e. The fraction of sp³-hybridized carbons (Fsp3) is 0.105. The fourth-order valence-electron chi connectivity index (χ4n) is 2.49. The number of nitrogens with zero attached hydrogens (tertiary/aromatic N) is 2. The second kappa shape index (κ2) is 7.23. The highest BCUT2D eigenvalue weighted by Gasteiger charge is 2.24. The first-order valence-electron chi connectivity index (χ1n) is 7.56. The van der Waals surface area contributed by atoms with Gasteiger partial charge >= 0.3 is 5.97 Å². The lowest BCUT2D eigenvalue weighted by Crippen LogP contribution is -2.10. The van der Waals surface area contributed by atoms with E-state index >= 15 is 0 Å². The van der Waals surface area contributed by atoms with Crippen LogP contribution < -0.4 is 0 Å². The molecule has 0 atom stereocenters. The van der Waals surface area contributed by atoms with Crippen molar-refractivity contribution in [2.45, 2.75) is 6.92 Å².